The number of aromatic amines is 1. The quantitative estimate of drug-likeness (QED) is 0.534. The second kappa shape index (κ2) is 6.01. The number of benzene rings is 2. The van der Waals surface area contributed by atoms with Crippen LogP contribution in [0.5, 0.6) is 0 Å². The average molecular weight is 394 g/mol. The molecule has 2 aromatic carbocycles. The van der Waals surface area contributed by atoms with Gasteiger partial charge in [-0.25, -0.2) is 9.50 Å². The standard InChI is InChI=1S/C20H16BrN3O/c1-12-4-3-5-15(10-12)17-11-18(25)24-20(22-17)19(13(2)23-24)14-6-8-16(21)9-7-14/h3-11,23H,1-2H3. The first-order chi connectivity index (χ1) is 12.0. The van der Waals surface area contributed by atoms with Gasteiger partial charge in [0.1, 0.15) is 0 Å². The molecule has 4 aromatic rings. The predicted octanol–water partition coefficient (Wildman–Crippen LogP) is 4.74. The highest BCUT2D eigenvalue weighted by molar-refractivity contribution is 9.10. The van der Waals surface area contributed by atoms with Gasteiger partial charge < -0.3 is 0 Å². The van der Waals surface area contributed by atoms with Crippen LogP contribution in [0, 0.1) is 13.8 Å². The lowest BCUT2D eigenvalue weighted by Crippen LogP contribution is -2.14. The highest BCUT2D eigenvalue weighted by Crippen LogP contribution is 2.29. The van der Waals surface area contributed by atoms with Crippen molar-refractivity contribution < 1.29 is 0 Å². The van der Waals surface area contributed by atoms with Crippen LogP contribution in [-0.4, -0.2) is 14.6 Å². The Kier molecular flexibility index (Phi) is 3.81. The van der Waals surface area contributed by atoms with E-state index in [0.29, 0.717) is 11.3 Å². The summed E-state index contributed by atoms with van der Waals surface area (Å²) in [5.41, 5.74) is 6.17. The van der Waals surface area contributed by atoms with E-state index in [4.69, 9.17) is 4.98 Å². The molecule has 0 spiro atoms. The SMILES string of the molecule is Cc1cccc(-c2cc(=O)n3[nH]c(C)c(-c4ccc(Br)cc4)c3n2)c1. The van der Waals surface area contributed by atoms with Crippen molar-refractivity contribution in [1.82, 2.24) is 14.6 Å². The fourth-order valence-corrected chi connectivity index (χ4v) is 3.33. The molecule has 2 heterocycles. The molecule has 5 heteroatoms. The van der Waals surface area contributed by atoms with Gasteiger partial charge in [-0.15, -0.1) is 0 Å². The Morgan fingerprint density at radius 3 is 2.48 bits per heavy atom. The highest BCUT2D eigenvalue weighted by Gasteiger charge is 2.15. The van der Waals surface area contributed by atoms with E-state index >= 15 is 0 Å². The van der Waals surface area contributed by atoms with E-state index in [2.05, 4.69) is 21.0 Å². The summed E-state index contributed by atoms with van der Waals surface area (Å²) in [5, 5.41) is 3.13. The third-order valence-corrected chi connectivity index (χ3v) is 4.77. The lowest BCUT2D eigenvalue weighted by atomic mass is 10.1. The summed E-state index contributed by atoms with van der Waals surface area (Å²) >= 11 is 3.46. The first-order valence-electron chi connectivity index (χ1n) is 7.98. The van der Waals surface area contributed by atoms with Gasteiger partial charge in [-0.1, -0.05) is 51.8 Å². The number of fused-ring (bicyclic) bond motifs is 1. The highest BCUT2D eigenvalue weighted by atomic mass is 79.9. The fraction of sp³-hybridized carbons (Fsp3) is 0.100. The van der Waals surface area contributed by atoms with Crippen molar-refractivity contribution in [3.8, 4) is 22.4 Å². The number of rotatable bonds is 2. The third kappa shape index (κ3) is 2.81. The monoisotopic (exact) mass is 393 g/mol. The van der Waals surface area contributed by atoms with E-state index in [9.17, 15) is 4.79 Å². The Bertz CT molecular complexity index is 1140. The Labute approximate surface area is 153 Å². The van der Waals surface area contributed by atoms with Crippen molar-refractivity contribution in [1.29, 1.82) is 0 Å². The van der Waals surface area contributed by atoms with Crippen LogP contribution in [0.25, 0.3) is 28.0 Å². The van der Waals surface area contributed by atoms with Gasteiger partial charge in [-0.3, -0.25) is 9.89 Å². The molecule has 1 N–H and O–H groups in total. The minimum atomic E-state index is -0.118. The molecule has 0 aliphatic heterocycles. The van der Waals surface area contributed by atoms with E-state index in [1.54, 1.807) is 6.07 Å². The molecular weight excluding hydrogens is 378 g/mol. The Morgan fingerprint density at radius 1 is 1.00 bits per heavy atom. The molecule has 2 aromatic heterocycles. The summed E-state index contributed by atoms with van der Waals surface area (Å²) in [6.45, 7) is 3.99. The molecule has 0 amide bonds. The molecule has 0 unspecified atom stereocenters. The molecule has 25 heavy (non-hydrogen) atoms. The van der Waals surface area contributed by atoms with Crippen LogP contribution in [0.2, 0.25) is 0 Å². The number of H-pyrrole nitrogens is 1. The van der Waals surface area contributed by atoms with Crippen LogP contribution in [-0.2, 0) is 0 Å². The van der Waals surface area contributed by atoms with Crippen LogP contribution in [0.15, 0.2) is 63.9 Å². The zero-order chi connectivity index (χ0) is 17.6. The molecule has 0 aliphatic carbocycles. The maximum Gasteiger partial charge on any atom is 0.273 e. The zero-order valence-electron chi connectivity index (χ0n) is 13.9. The molecule has 0 saturated carbocycles. The van der Waals surface area contributed by atoms with E-state index in [0.717, 1.165) is 32.4 Å². The summed E-state index contributed by atoms with van der Waals surface area (Å²) in [7, 11) is 0. The molecule has 0 saturated heterocycles. The summed E-state index contributed by atoms with van der Waals surface area (Å²) in [5.74, 6) is 0. The fourth-order valence-electron chi connectivity index (χ4n) is 3.06. The van der Waals surface area contributed by atoms with Gasteiger partial charge in [0.15, 0.2) is 5.65 Å². The Morgan fingerprint density at radius 2 is 1.76 bits per heavy atom. The van der Waals surface area contributed by atoms with Crippen LogP contribution >= 0.6 is 15.9 Å². The van der Waals surface area contributed by atoms with Gasteiger partial charge in [0.2, 0.25) is 0 Å². The molecule has 0 bridgehead atoms. The van der Waals surface area contributed by atoms with Gasteiger partial charge >= 0.3 is 0 Å². The van der Waals surface area contributed by atoms with E-state index < -0.39 is 0 Å². The Balaban J connectivity index is 2.00. The molecule has 0 fully saturated rings. The number of nitrogens with one attached hydrogen (secondary N) is 1. The molecule has 0 atom stereocenters. The first-order valence-corrected chi connectivity index (χ1v) is 8.77. The molecule has 0 radical (unpaired) electrons. The van der Waals surface area contributed by atoms with Crippen LogP contribution in [0.1, 0.15) is 11.3 Å². The molecule has 0 aliphatic rings. The maximum atomic E-state index is 12.6. The predicted molar refractivity (Wildman–Crippen MR) is 104 cm³/mol. The largest absolute Gasteiger partial charge is 0.293 e. The summed E-state index contributed by atoms with van der Waals surface area (Å²) in [4.78, 5) is 17.4. The number of nitrogens with zero attached hydrogens (tertiary/aromatic N) is 2. The smallest absolute Gasteiger partial charge is 0.273 e. The molecular formula is C20H16BrN3O. The average Bonchev–Trinajstić information content (AvgIpc) is 2.92. The van der Waals surface area contributed by atoms with E-state index in [-0.39, 0.29) is 5.56 Å². The van der Waals surface area contributed by atoms with Crippen molar-refractivity contribution >= 4 is 21.6 Å². The topological polar surface area (TPSA) is 50.2 Å². The zero-order valence-corrected chi connectivity index (χ0v) is 15.5. The van der Waals surface area contributed by atoms with Gasteiger partial charge in [0.05, 0.1) is 5.69 Å². The molecule has 124 valence electrons. The number of hydrogen-bond donors (Lipinski definition) is 1. The van der Waals surface area contributed by atoms with Crippen molar-refractivity contribution in [2.75, 3.05) is 0 Å². The molecule has 4 nitrogen and oxygen atoms in total. The lowest BCUT2D eigenvalue weighted by Gasteiger charge is -2.05. The van der Waals surface area contributed by atoms with Crippen LogP contribution in [0.4, 0.5) is 0 Å². The van der Waals surface area contributed by atoms with Crippen molar-refractivity contribution in [3.05, 3.63) is 80.7 Å². The maximum absolute atomic E-state index is 12.6. The second-order valence-corrected chi connectivity index (χ2v) is 7.04. The summed E-state index contributed by atoms with van der Waals surface area (Å²) < 4.78 is 2.52. The van der Waals surface area contributed by atoms with Gasteiger partial charge in [0, 0.05) is 27.4 Å². The number of halogens is 1. The van der Waals surface area contributed by atoms with Crippen molar-refractivity contribution in [3.63, 3.8) is 0 Å². The minimum absolute atomic E-state index is 0.118. The number of aromatic nitrogens is 3. The normalized spacial score (nSPS) is 11.2. The van der Waals surface area contributed by atoms with Gasteiger partial charge in [-0.05, 0) is 37.6 Å². The van der Waals surface area contributed by atoms with E-state index in [1.807, 2.05) is 62.4 Å². The van der Waals surface area contributed by atoms with Crippen molar-refractivity contribution in [2.24, 2.45) is 0 Å². The van der Waals surface area contributed by atoms with Gasteiger partial charge in [0.25, 0.3) is 5.56 Å². The second-order valence-electron chi connectivity index (χ2n) is 6.13. The van der Waals surface area contributed by atoms with Gasteiger partial charge in [-0.2, -0.15) is 0 Å². The molecule has 4 rings (SSSR count). The van der Waals surface area contributed by atoms with Crippen molar-refractivity contribution in [2.45, 2.75) is 13.8 Å². The third-order valence-electron chi connectivity index (χ3n) is 4.24. The summed E-state index contributed by atoms with van der Waals surface area (Å²) in [6, 6.07) is 17.6. The minimum Gasteiger partial charge on any atom is -0.293 e. The van der Waals surface area contributed by atoms with Crippen LogP contribution < -0.4 is 5.56 Å². The lowest BCUT2D eigenvalue weighted by molar-refractivity contribution is 0.882. The first kappa shape index (κ1) is 15.8. The Hall–Kier alpha value is -2.66. The number of hydrogen-bond acceptors (Lipinski definition) is 2. The number of aryl methyl sites for hydroxylation is 2. The summed E-state index contributed by atoms with van der Waals surface area (Å²) in [6.07, 6.45) is 0. The van der Waals surface area contributed by atoms with Crippen LogP contribution in [0.3, 0.4) is 0 Å². The van der Waals surface area contributed by atoms with E-state index in [1.165, 1.54) is 4.52 Å².